The first-order valence-corrected chi connectivity index (χ1v) is 0.561. The summed E-state index contributed by atoms with van der Waals surface area (Å²) < 4.78 is 7.94. The molecule has 28 valence electrons. The fourth-order valence-corrected chi connectivity index (χ4v) is 0. The second-order valence-corrected chi connectivity index (χ2v) is 0. The minimum atomic E-state index is 0. The molecule has 0 amide bonds. The van der Waals surface area contributed by atoms with Gasteiger partial charge in [-0.05, 0) is 0 Å². The Morgan fingerprint density at radius 1 is 1.25 bits per heavy atom. The topological polar surface area (TPSA) is 45.6 Å². The Hall–Kier alpha value is 0.786. The Balaban J connectivity index is -0.00000000500. The van der Waals surface area contributed by atoms with E-state index in [0.717, 1.165) is 0 Å². The Bertz CT molecular complexity index is 6.00. The van der Waals surface area contributed by atoms with Crippen LogP contribution in [0.25, 0.3) is 0 Å². The second-order valence-electron chi connectivity index (χ2n) is 0. The van der Waals surface area contributed by atoms with Gasteiger partial charge in [-0.25, -0.2) is 0 Å². The van der Waals surface area contributed by atoms with Crippen LogP contribution in [0.3, 0.4) is 0 Å². The Kier molecular flexibility index (Phi) is 256. The van der Waals surface area contributed by atoms with Crippen molar-refractivity contribution in [3.05, 3.63) is 0 Å². The third-order valence-electron chi connectivity index (χ3n) is 0. The van der Waals surface area contributed by atoms with Crippen LogP contribution in [0, 0.1) is 0 Å². The first-order chi connectivity index (χ1) is 1.00. The van der Waals surface area contributed by atoms with Crippen LogP contribution in [0.5, 0.6) is 0 Å². The molecule has 0 heterocycles. The Morgan fingerprint density at radius 3 is 1.25 bits per heavy atom. The van der Waals surface area contributed by atoms with E-state index in [1.165, 1.54) is 0 Å². The van der Waals surface area contributed by atoms with Crippen molar-refractivity contribution in [3.63, 3.8) is 0 Å². The summed E-state index contributed by atoms with van der Waals surface area (Å²) in [4.78, 5) is 0. The van der Waals surface area contributed by atoms with E-state index in [1.807, 2.05) is 0 Å². The maximum atomic E-state index is 7.94. The summed E-state index contributed by atoms with van der Waals surface area (Å²) in [5.41, 5.74) is 0. The third kappa shape index (κ3) is 14.4. The number of hydrogen-bond donors (Lipinski definition) is 0. The first kappa shape index (κ1) is 21.5. The van der Waals surface area contributed by atoms with Crippen molar-refractivity contribution in [3.8, 4) is 0 Å². The quantitative estimate of drug-likeness (QED) is 0.434. The van der Waals surface area contributed by atoms with Crippen LogP contribution < -0.4 is 0 Å². The molecule has 0 rings (SSSR count). The Labute approximate surface area is 42.5 Å². The molecule has 0 aromatic rings. The molecule has 1 radical (unpaired) electrons. The van der Waals surface area contributed by atoms with Crippen molar-refractivity contribution in [2.75, 3.05) is 0 Å². The molecular weight excluding hydrogens is 146 g/mol. The van der Waals surface area contributed by atoms with Crippen LogP contribution in [0.2, 0.25) is 0 Å². The third-order valence-corrected chi connectivity index (χ3v) is 0. The predicted octanol–water partition coefficient (Wildman–Crippen LogP) is -0.243. The second kappa shape index (κ2) is 47.6. The van der Waals surface area contributed by atoms with Gasteiger partial charge in [0.2, 0.25) is 0 Å². The van der Waals surface area contributed by atoms with E-state index in [9.17, 15) is 0 Å². The average Bonchev–Trinajstić information content (AvgIpc) is 1.00. The fraction of sp³-hybridized carbons (Fsp3) is 0. The van der Waals surface area contributed by atoms with Gasteiger partial charge in [-0.1, -0.05) is 0 Å². The average molecular weight is 146 g/mol. The van der Waals surface area contributed by atoms with Gasteiger partial charge in [0.25, 0.3) is 0 Å². The molecule has 0 saturated carbocycles. The molecule has 0 bridgehead atoms. The van der Waals surface area contributed by atoms with E-state index >= 15 is 0 Å². The first-order valence-electron chi connectivity index (χ1n) is 0.136. The van der Waals surface area contributed by atoms with Crippen molar-refractivity contribution in [2.24, 2.45) is 0 Å². The van der Waals surface area contributed by atoms with E-state index < -0.39 is 0 Å². The van der Waals surface area contributed by atoms with Gasteiger partial charge in [0.05, 0.1) is 0 Å². The van der Waals surface area contributed by atoms with Crippen LogP contribution in [0.1, 0.15) is 0 Å². The molecule has 4 heavy (non-hydrogen) atoms. The summed E-state index contributed by atoms with van der Waals surface area (Å²) in [6, 6.07) is 0. The van der Waals surface area contributed by atoms with Crippen molar-refractivity contribution in [2.45, 2.75) is 0 Å². The zero-order valence-corrected chi connectivity index (χ0v) is 3.75. The summed E-state index contributed by atoms with van der Waals surface area (Å²) in [6.45, 7) is 0. The Morgan fingerprint density at radius 2 is 1.25 bits per heavy atom. The summed E-state index contributed by atoms with van der Waals surface area (Å²) in [7, 11) is 0. The predicted molar refractivity (Wildman–Crippen MR) is 1.37 cm³/mol. The van der Waals surface area contributed by atoms with Crippen LogP contribution >= 0.6 is 0 Å². The minimum absolute atomic E-state index is 0. The van der Waals surface area contributed by atoms with Crippen molar-refractivity contribution in [1.29, 1.82) is 0 Å². The van der Waals surface area contributed by atoms with E-state index in [0.29, 0.717) is 0 Å². The number of hydrogen-bond acceptors (Lipinski definition) is 1. The van der Waals surface area contributed by atoms with Crippen LogP contribution in [0.4, 0.5) is 0 Å². The SMILES string of the molecule is [Mn+2].[O-2].[O]=[Co]. The van der Waals surface area contributed by atoms with Gasteiger partial charge in [-0.2, -0.15) is 0 Å². The zero-order valence-electron chi connectivity index (χ0n) is 1.53. The van der Waals surface area contributed by atoms with Gasteiger partial charge >= 0.3 is 36.6 Å². The number of rotatable bonds is 0. The fourth-order valence-electron chi connectivity index (χ4n) is 0. The van der Waals surface area contributed by atoms with Gasteiger partial charge in [0.1, 0.15) is 0 Å². The van der Waals surface area contributed by atoms with Gasteiger partial charge in [-0.3, -0.25) is 0 Å². The molecule has 0 atom stereocenters. The molecule has 0 aliphatic heterocycles. The molecule has 0 N–H and O–H groups in total. The standard InChI is InChI=1S/Co.Mn.2O/q;+2;;-2. The molecule has 0 aromatic carbocycles. The molecule has 4 heteroatoms. The van der Waals surface area contributed by atoms with Gasteiger partial charge in [0.15, 0.2) is 0 Å². The summed E-state index contributed by atoms with van der Waals surface area (Å²) >= 11 is 2.31. The van der Waals surface area contributed by atoms with Crippen LogP contribution in [0.15, 0.2) is 0 Å². The molecular formula is CoMnO2. The molecule has 0 aliphatic rings. The van der Waals surface area contributed by atoms with E-state index in [-0.39, 0.29) is 22.5 Å². The van der Waals surface area contributed by atoms with Crippen LogP contribution in [-0.4, -0.2) is 0 Å². The molecule has 0 unspecified atom stereocenters. The van der Waals surface area contributed by atoms with Crippen LogP contribution in [-0.2, 0) is 42.1 Å². The van der Waals surface area contributed by atoms with Crippen molar-refractivity contribution >= 4 is 0 Å². The normalized spacial score (nSPS) is 1.25. The van der Waals surface area contributed by atoms with Crippen molar-refractivity contribution < 1.29 is 42.1 Å². The molecule has 0 fully saturated rings. The van der Waals surface area contributed by atoms with Gasteiger partial charge in [-0.15, -0.1) is 0 Å². The summed E-state index contributed by atoms with van der Waals surface area (Å²) in [5.74, 6) is 0. The van der Waals surface area contributed by atoms with Gasteiger partial charge in [0, 0.05) is 0 Å². The van der Waals surface area contributed by atoms with Gasteiger partial charge < -0.3 is 5.48 Å². The zero-order chi connectivity index (χ0) is 2.00. The van der Waals surface area contributed by atoms with E-state index in [4.69, 9.17) is 3.87 Å². The molecule has 2 nitrogen and oxygen atoms in total. The molecule has 0 saturated heterocycles. The summed E-state index contributed by atoms with van der Waals surface area (Å²) in [6.07, 6.45) is 0. The monoisotopic (exact) mass is 146 g/mol. The van der Waals surface area contributed by atoms with E-state index in [1.54, 1.807) is 0 Å². The molecule has 0 aliphatic carbocycles. The van der Waals surface area contributed by atoms with E-state index in [2.05, 4.69) is 15.7 Å². The van der Waals surface area contributed by atoms with Crippen molar-refractivity contribution in [1.82, 2.24) is 0 Å². The molecule has 0 spiro atoms. The molecule has 0 aromatic heterocycles. The maximum absolute atomic E-state index is 7.94. The summed E-state index contributed by atoms with van der Waals surface area (Å²) in [5, 5.41) is 0.